The molecular formula is C15H24N2O. The topological polar surface area (TPSA) is 33.3 Å². The summed E-state index contributed by atoms with van der Waals surface area (Å²) >= 11 is 0. The molecule has 0 aromatic heterocycles. The first kappa shape index (κ1) is 13.2. The zero-order valence-electron chi connectivity index (χ0n) is 11.5. The Morgan fingerprint density at radius 3 is 2.94 bits per heavy atom. The average molecular weight is 248 g/mol. The summed E-state index contributed by atoms with van der Waals surface area (Å²) in [4.78, 5) is 0. The Morgan fingerprint density at radius 2 is 2.28 bits per heavy atom. The van der Waals surface area contributed by atoms with E-state index in [2.05, 4.69) is 35.8 Å². The fraction of sp³-hybridized carbons (Fsp3) is 0.600. The molecule has 3 nitrogen and oxygen atoms in total. The van der Waals surface area contributed by atoms with Crippen molar-refractivity contribution in [2.24, 2.45) is 0 Å². The third kappa shape index (κ3) is 3.39. The van der Waals surface area contributed by atoms with Gasteiger partial charge in [-0.3, -0.25) is 0 Å². The lowest BCUT2D eigenvalue weighted by Crippen LogP contribution is -2.39. The van der Waals surface area contributed by atoms with Gasteiger partial charge in [-0.2, -0.15) is 0 Å². The van der Waals surface area contributed by atoms with E-state index in [4.69, 9.17) is 4.74 Å². The lowest BCUT2D eigenvalue weighted by molar-refractivity contribution is 0.407. The molecule has 3 heteroatoms. The number of ether oxygens (including phenoxy) is 1. The summed E-state index contributed by atoms with van der Waals surface area (Å²) < 4.78 is 5.40. The standard InChI is InChI=1S/C15H24N2O/c1-3-12-7-8-15(18-2)14(10-12)17-11-13-6-4-5-9-16-13/h7-8,10,13,16-17H,3-6,9,11H2,1-2H3. The highest BCUT2D eigenvalue weighted by Gasteiger charge is 2.13. The number of nitrogens with one attached hydrogen (secondary N) is 2. The predicted molar refractivity (Wildman–Crippen MR) is 76.5 cm³/mol. The van der Waals surface area contributed by atoms with E-state index in [1.807, 2.05) is 0 Å². The van der Waals surface area contributed by atoms with E-state index in [0.29, 0.717) is 6.04 Å². The minimum absolute atomic E-state index is 0.591. The molecule has 0 amide bonds. The maximum absolute atomic E-state index is 5.40. The molecule has 0 aliphatic carbocycles. The van der Waals surface area contributed by atoms with Crippen LogP contribution in [0, 0.1) is 0 Å². The van der Waals surface area contributed by atoms with Crippen LogP contribution in [0.3, 0.4) is 0 Å². The fourth-order valence-corrected chi connectivity index (χ4v) is 2.44. The van der Waals surface area contributed by atoms with Crippen LogP contribution in [0.4, 0.5) is 5.69 Å². The third-order valence-corrected chi connectivity index (χ3v) is 3.62. The Hall–Kier alpha value is -1.22. The van der Waals surface area contributed by atoms with Gasteiger partial charge in [0.2, 0.25) is 0 Å². The van der Waals surface area contributed by atoms with Crippen molar-refractivity contribution in [3.8, 4) is 5.75 Å². The van der Waals surface area contributed by atoms with Crippen molar-refractivity contribution in [3.05, 3.63) is 23.8 Å². The van der Waals surface area contributed by atoms with Crippen molar-refractivity contribution in [2.75, 3.05) is 25.5 Å². The molecule has 2 N–H and O–H groups in total. The van der Waals surface area contributed by atoms with E-state index in [9.17, 15) is 0 Å². The molecule has 1 fully saturated rings. The van der Waals surface area contributed by atoms with Crippen molar-refractivity contribution in [3.63, 3.8) is 0 Å². The maximum Gasteiger partial charge on any atom is 0.141 e. The second-order valence-corrected chi connectivity index (χ2v) is 4.92. The second kappa shape index (κ2) is 6.64. The zero-order chi connectivity index (χ0) is 12.8. The van der Waals surface area contributed by atoms with Crippen molar-refractivity contribution < 1.29 is 4.74 Å². The van der Waals surface area contributed by atoms with Gasteiger partial charge in [0.1, 0.15) is 5.75 Å². The Kier molecular flexibility index (Phi) is 4.88. The van der Waals surface area contributed by atoms with Crippen molar-refractivity contribution in [1.82, 2.24) is 5.32 Å². The molecule has 0 bridgehead atoms. The van der Waals surface area contributed by atoms with Gasteiger partial charge in [0.05, 0.1) is 12.8 Å². The van der Waals surface area contributed by atoms with Crippen LogP contribution < -0.4 is 15.4 Å². The molecule has 0 spiro atoms. The van der Waals surface area contributed by atoms with E-state index in [1.54, 1.807) is 7.11 Å². The molecule has 2 rings (SSSR count). The maximum atomic E-state index is 5.40. The van der Waals surface area contributed by atoms with Gasteiger partial charge in [-0.15, -0.1) is 0 Å². The first-order valence-electron chi connectivity index (χ1n) is 6.97. The number of aryl methyl sites for hydroxylation is 1. The summed E-state index contributed by atoms with van der Waals surface area (Å²) in [5, 5.41) is 7.07. The van der Waals surface area contributed by atoms with E-state index in [-0.39, 0.29) is 0 Å². The van der Waals surface area contributed by atoms with Crippen LogP contribution in [-0.4, -0.2) is 26.2 Å². The summed E-state index contributed by atoms with van der Waals surface area (Å²) in [6.07, 6.45) is 4.97. The molecule has 1 saturated heterocycles. The Labute approximate surface area is 110 Å². The van der Waals surface area contributed by atoms with Gasteiger partial charge in [-0.1, -0.05) is 19.4 Å². The molecule has 1 aliphatic heterocycles. The number of hydrogen-bond acceptors (Lipinski definition) is 3. The molecule has 18 heavy (non-hydrogen) atoms. The summed E-state index contributed by atoms with van der Waals surface area (Å²) in [6, 6.07) is 6.97. The molecule has 100 valence electrons. The second-order valence-electron chi connectivity index (χ2n) is 4.92. The number of anilines is 1. The SMILES string of the molecule is CCc1ccc(OC)c(NCC2CCCCN2)c1. The Morgan fingerprint density at radius 1 is 1.39 bits per heavy atom. The first-order chi connectivity index (χ1) is 8.83. The highest BCUT2D eigenvalue weighted by molar-refractivity contribution is 5.58. The van der Waals surface area contributed by atoms with Crippen LogP contribution in [0.25, 0.3) is 0 Å². The minimum Gasteiger partial charge on any atom is -0.495 e. The minimum atomic E-state index is 0.591. The molecule has 0 radical (unpaired) electrons. The van der Waals surface area contributed by atoms with Crippen LogP contribution in [-0.2, 0) is 6.42 Å². The third-order valence-electron chi connectivity index (χ3n) is 3.62. The number of hydrogen-bond donors (Lipinski definition) is 2. The molecule has 1 aromatic rings. The highest BCUT2D eigenvalue weighted by atomic mass is 16.5. The Balaban J connectivity index is 1.97. The number of rotatable bonds is 5. The van der Waals surface area contributed by atoms with Crippen LogP contribution in [0.15, 0.2) is 18.2 Å². The first-order valence-corrected chi connectivity index (χ1v) is 6.97. The van der Waals surface area contributed by atoms with Crippen LogP contribution in [0.2, 0.25) is 0 Å². The number of methoxy groups -OCH3 is 1. The summed E-state index contributed by atoms with van der Waals surface area (Å²) in [5.74, 6) is 0.933. The molecule has 1 unspecified atom stereocenters. The van der Waals surface area contributed by atoms with Gasteiger partial charge >= 0.3 is 0 Å². The fourth-order valence-electron chi connectivity index (χ4n) is 2.44. The molecule has 1 aromatic carbocycles. The molecule has 0 saturated carbocycles. The zero-order valence-corrected chi connectivity index (χ0v) is 11.5. The van der Waals surface area contributed by atoms with Gasteiger partial charge in [0.25, 0.3) is 0 Å². The van der Waals surface area contributed by atoms with Crippen LogP contribution in [0.1, 0.15) is 31.7 Å². The lowest BCUT2D eigenvalue weighted by Gasteiger charge is -2.24. The monoisotopic (exact) mass is 248 g/mol. The summed E-state index contributed by atoms with van der Waals surface area (Å²) in [7, 11) is 1.73. The van der Waals surface area contributed by atoms with Crippen molar-refractivity contribution in [1.29, 1.82) is 0 Å². The molecular weight excluding hydrogens is 224 g/mol. The molecule has 1 heterocycles. The largest absolute Gasteiger partial charge is 0.495 e. The van der Waals surface area contributed by atoms with Gasteiger partial charge in [-0.05, 0) is 43.5 Å². The van der Waals surface area contributed by atoms with E-state index in [1.165, 1.54) is 24.8 Å². The van der Waals surface area contributed by atoms with Crippen molar-refractivity contribution in [2.45, 2.75) is 38.6 Å². The Bertz CT molecular complexity index is 373. The summed E-state index contributed by atoms with van der Waals surface area (Å²) in [5.41, 5.74) is 2.46. The number of piperidine rings is 1. The molecule has 1 atom stereocenters. The average Bonchev–Trinajstić information content (AvgIpc) is 2.45. The van der Waals surface area contributed by atoms with E-state index in [0.717, 1.165) is 30.9 Å². The summed E-state index contributed by atoms with van der Waals surface area (Å²) in [6.45, 7) is 4.30. The van der Waals surface area contributed by atoms with E-state index >= 15 is 0 Å². The normalized spacial score (nSPS) is 19.6. The lowest BCUT2D eigenvalue weighted by atomic mass is 10.0. The van der Waals surface area contributed by atoms with Gasteiger partial charge in [-0.25, -0.2) is 0 Å². The molecule has 1 aliphatic rings. The quantitative estimate of drug-likeness (QED) is 0.840. The van der Waals surface area contributed by atoms with Crippen LogP contribution >= 0.6 is 0 Å². The highest BCUT2D eigenvalue weighted by Crippen LogP contribution is 2.26. The smallest absolute Gasteiger partial charge is 0.141 e. The van der Waals surface area contributed by atoms with Gasteiger partial charge in [0, 0.05) is 12.6 Å². The van der Waals surface area contributed by atoms with Gasteiger partial charge < -0.3 is 15.4 Å². The predicted octanol–water partition coefficient (Wildman–Crippen LogP) is 2.81. The van der Waals surface area contributed by atoms with Gasteiger partial charge in [0.15, 0.2) is 0 Å². The van der Waals surface area contributed by atoms with Crippen molar-refractivity contribution >= 4 is 5.69 Å². The van der Waals surface area contributed by atoms with Crippen LogP contribution in [0.5, 0.6) is 5.75 Å². The van der Waals surface area contributed by atoms with E-state index < -0.39 is 0 Å². The number of benzene rings is 1.